The molecule has 1 rings (SSSR count). The number of terminal acetylenes is 1. The van der Waals surface area contributed by atoms with Gasteiger partial charge in [-0.3, -0.25) is 0 Å². The molecule has 0 aliphatic rings. The van der Waals surface area contributed by atoms with Gasteiger partial charge in [0.2, 0.25) is 0 Å². The smallest absolute Gasteiger partial charge is 0.122 e. The van der Waals surface area contributed by atoms with Crippen molar-refractivity contribution >= 4 is 0 Å². The number of hydrogen-bond donors (Lipinski definition) is 1. The molecular weight excluding hydrogens is 190 g/mol. The first-order chi connectivity index (χ1) is 7.21. The van der Waals surface area contributed by atoms with Gasteiger partial charge in [0.15, 0.2) is 0 Å². The van der Waals surface area contributed by atoms with E-state index in [1.54, 1.807) is 20.3 Å². The zero-order valence-electron chi connectivity index (χ0n) is 8.99. The van der Waals surface area contributed by atoms with E-state index in [9.17, 15) is 0 Å². The van der Waals surface area contributed by atoms with E-state index >= 15 is 0 Å². The summed E-state index contributed by atoms with van der Waals surface area (Å²) in [4.78, 5) is 0. The zero-order chi connectivity index (χ0) is 11.3. The maximum absolute atomic E-state index is 5.90. The van der Waals surface area contributed by atoms with Gasteiger partial charge in [-0.2, -0.15) is 0 Å². The molecule has 2 N–H and O–H groups in total. The van der Waals surface area contributed by atoms with Gasteiger partial charge >= 0.3 is 0 Å². The van der Waals surface area contributed by atoms with Crippen LogP contribution in [0.1, 0.15) is 18.0 Å². The third-order valence-corrected chi connectivity index (χ3v) is 2.14. The van der Waals surface area contributed by atoms with Gasteiger partial charge in [-0.25, -0.2) is 0 Å². The van der Waals surface area contributed by atoms with Gasteiger partial charge in [0, 0.05) is 18.5 Å². The maximum atomic E-state index is 5.90. The molecule has 0 spiro atoms. The number of methoxy groups -OCH3 is 2. The molecule has 3 heteroatoms. The van der Waals surface area contributed by atoms with Crippen LogP contribution in [-0.2, 0) is 0 Å². The minimum absolute atomic E-state index is 0.181. The van der Waals surface area contributed by atoms with Gasteiger partial charge in [-0.1, -0.05) is 0 Å². The number of rotatable bonds is 4. The normalized spacial score (nSPS) is 11.6. The SMILES string of the molecule is C#CCC(N)c1cc(OC)cc(OC)c1. The molecule has 1 atom stereocenters. The molecule has 0 aliphatic carbocycles. The number of hydrogen-bond acceptors (Lipinski definition) is 3. The molecule has 1 aromatic carbocycles. The predicted molar refractivity (Wildman–Crippen MR) is 59.9 cm³/mol. The third kappa shape index (κ3) is 2.90. The molecule has 0 fully saturated rings. The quantitative estimate of drug-likeness (QED) is 0.761. The second kappa shape index (κ2) is 5.28. The van der Waals surface area contributed by atoms with Crippen LogP contribution in [0.25, 0.3) is 0 Å². The fraction of sp³-hybridized carbons (Fsp3) is 0.333. The second-order valence-corrected chi connectivity index (χ2v) is 3.16. The Morgan fingerprint density at radius 1 is 1.27 bits per heavy atom. The summed E-state index contributed by atoms with van der Waals surface area (Å²) in [5, 5.41) is 0. The Morgan fingerprint density at radius 2 is 1.80 bits per heavy atom. The number of ether oxygens (including phenoxy) is 2. The van der Waals surface area contributed by atoms with Crippen LogP contribution in [0.15, 0.2) is 18.2 Å². The van der Waals surface area contributed by atoms with E-state index in [0.29, 0.717) is 6.42 Å². The highest BCUT2D eigenvalue weighted by atomic mass is 16.5. The van der Waals surface area contributed by atoms with Crippen molar-refractivity contribution in [1.29, 1.82) is 0 Å². The molecule has 80 valence electrons. The number of nitrogens with two attached hydrogens (primary N) is 1. The molecule has 0 saturated carbocycles. The Balaban J connectivity index is 3.01. The van der Waals surface area contributed by atoms with Crippen LogP contribution in [0.2, 0.25) is 0 Å². The van der Waals surface area contributed by atoms with Crippen molar-refractivity contribution in [1.82, 2.24) is 0 Å². The molecule has 0 bridgehead atoms. The minimum Gasteiger partial charge on any atom is -0.497 e. The van der Waals surface area contributed by atoms with Crippen LogP contribution in [0.4, 0.5) is 0 Å². The lowest BCUT2D eigenvalue weighted by molar-refractivity contribution is 0.392. The van der Waals surface area contributed by atoms with E-state index in [2.05, 4.69) is 5.92 Å². The Kier molecular flexibility index (Phi) is 4.02. The lowest BCUT2D eigenvalue weighted by Gasteiger charge is -2.12. The van der Waals surface area contributed by atoms with Crippen LogP contribution < -0.4 is 15.2 Å². The van der Waals surface area contributed by atoms with Gasteiger partial charge in [-0.05, 0) is 17.7 Å². The monoisotopic (exact) mass is 205 g/mol. The first-order valence-corrected chi connectivity index (χ1v) is 4.63. The van der Waals surface area contributed by atoms with Crippen LogP contribution in [0.3, 0.4) is 0 Å². The van der Waals surface area contributed by atoms with Crippen molar-refractivity contribution in [2.45, 2.75) is 12.5 Å². The van der Waals surface area contributed by atoms with Crippen molar-refractivity contribution in [2.24, 2.45) is 5.73 Å². The Bertz CT molecular complexity index is 346. The molecule has 1 unspecified atom stereocenters. The summed E-state index contributed by atoms with van der Waals surface area (Å²) in [5.41, 5.74) is 6.82. The van der Waals surface area contributed by atoms with Crippen molar-refractivity contribution in [3.63, 3.8) is 0 Å². The lowest BCUT2D eigenvalue weighted by atomic mass is 10.0. The third-order valence-electron chi connectivity index (χ3n) is 2.14. The second-order valence-electron chi connectivity index (χ2n) is 3.16. The van der Waals surface area contributed by atoms with Crippen LogP contribution in [0, 0.1) is 12.3 Å². The standard InChI is InChI=1S/C12H15NO2/c1-4-5-12(13)9-6-10(14-2)8-11(7-9)15-3/h1,6-8,12H,5,13H2,2-3H3. The summed E-state index contributed by atoms with van der Waals surface area (Å²) in [6.07, 6.45) is 5.71. The van der Waals surface area contributed by atoms with Crippen LogP contribution in [0.5, 0.6) is 11.5 Å². The molecular formula is C12H15NO2. The van der Waals surface area contributed by atoms with E-state index in [1.165, 1.54) is 0 Å². The summed E-state index contributed by atoms with van der Waals surface area (Å²) in [5.74, 6) is 3.97. The highest BCUT2D eigenvalue weighted by molar-refractivity contribution is 5.40. The molecule has 0 radical (unpaired) electrons. The largest absolute Gasteiger partial charge is 0.497 e. The van der Waals surface area contributed by atoms with Gasteiger partial charge in [0.05, 0.1) is 14.2 Å². The van der Waals surface area contributed by atoms with Gasteiger partial charge in [0.1, 0.15) is 11.5 Å². The van der Waals surface area contributed by atoms with Crippen LogP contribution >= 0.6 is 0 Å². The molecule has 0 heterocycles. The average Bonchev–Trinajstić information content (AvgIpc) is 2.28. The molecule has 0 aliphatic heterocycles. The minimum atomic E-state index is -0.181. The summed E-state index contributed by atoms with van der Waals surface area (Å²) in [6.45, 7) is 0. The van der Waals surface area contributed by atoms with E-state index < -0.39 is 0 Å². The Hall–Kier alpha value is -1.66. The zero-order valence-corrected chi connectivity index (χ0v) is 8.99. The molecule has 0 aromatic heterocycles. The molecule has 0 amide bonds. The Labute approximate surface area is 90.2 Å². The topological polar surface area (TPSA) is 44.5 Å². The highest BCUT2D eigenvalue weighted by Gasteiger charge is 2.08. The number of benzene rings is 1. The maximum Gasteiger partial charge on any atom is 0.122 e. The van der Waals surface area contributed by atoms with E-state index in [0.717, 1.165) is 17.1 Å². The fourth-order valence-corrected chi connectivity index (χ4v) is 1.29. The molecule has 15 heavy (non-hydrogen) atoms. The van der Waals surface area contributed by atoms with Crippen molar-refractivity contribution in [2.75, 3.05) is 14.2 Å². The summed E-state index contributed by atoms with van der Waals surface area (Å²) in [6, 6.07) is 5.35. The van der Waals surface area contributed by atoms with Crippen molar-refractivity contribution < 1.29 is 9.47 Å². The summed E-state index contributed by atoms with van der Waals surface area (Å²) < 4.78 is 10.3. The molecule has 0 saturated heterocycles. The molecule has 1 aromatic rings. The van der Waals surface area contributed by atoms with E-state index in [4.69, 9.17) is 21.6 Å². The van der Waals surface area contributed by atoms with E-state index in [1.807, 2.05) is 12.1 Å². The van der Waals surface area contributed by atoms with Gasteiger partial charge in [-0.15, -0.1) is 12.3 Å². The summed E-state index contributed by atoms with van der Waals surface area (Å²) >= 11 is 0. The first kappa shape index (κ1) is 11.4. The van der Waals surface area contributed by atoms with E-state index in [-0.39, 0.29) is 6.04 Å². The van der Waals surface area contributed by atoms with Gasteiger partial charge < -0.3 is 15.2 Å². The van der Waals surface area contributed by atoms with Crippen molar-refractivity contribution in [3.05, 3.63) is 23.8 Å². The van der Waals surface area contributed by atoms with Crippen molar-refractivity contribution in [3.8, 4) is 23.8 Å². The van der Waals surface area contributed by atoms with Crippen LogP contribution in [-0.4, -0.2) is 14.2 Å². The summed E-state index contributed by atoms with van der Waals surface area (Å²) in [7, 11) is 3.20. The van der Waals surface area contributed by atoms with Gasteiger partial charge in [0.25, 0.3) is 0 Å². The fourth-order valence-electron chi connectivity index (χ4n) is 1.29. The highest BCUT2D eigenvalue weighted by Crippen LogP contribution is 2.26. The Morgan fingerprint density at radius 3 is 2.20 bits per heavy atom. The lowest BCUT2D eigenvalue weighted by Crippen LogP contribution is -2.09. The average molecular weight is 205 g/mol. The first-order valence-electron chi connectivity index (χ1n) is 4.63. The predicted octanol–water partition coefficient (Wildman–Crippen LogP) is 1.73. The molecule has 3 nitrogen and oxygen atoms in total.